The van der Waals surface area contributed by atoms with Crippen molar-refractivity contribution < 1.29 is 19.8 Å². The van der Waals surface area contributed by atoms with Crippen LogP contribution in [0.1, 0.15) is 59.3 Å². The maximum absolute atomic E-state index is 10.5. The fourth-order valence-electron chi connectivity index (χ4n) is 1.88. The lowest BCUT2D eigenvalue weighted by Crippen LogP contribution is -1.94. The SMILES string of the molecule is C/C(=C\CC/C(C)=C/C(=O)O)CC/C=C(\C)CCC(=O)O. The fourth-order valence-corrected chi connectivity index (χ4v) is 1.88. The summed E-state index contributed by atoms with van der Waals surface area (Å²) < 4.78 is 0. The van der Waals surface area contributed by atoms with Gasteiger partial charge in [-0.25, -0.2) is 4.79 Å². The molecule has 4 heteroatoms. The van der Waals surface area contributed by atoms with E-state index >= 15 is 0 Å². The monoisotopic (exact) mass is 294 g/mol. The van der Waals surface area contributed by atoms with Gasteiger partial charge in [-0.3, -0.25) is 4.79 Å². The summed E-state index contributed by atoms with van der Waals surface area (Å²) in [5.74, 6) is -1.65. The van der Waals surface area contributed by atoms with Gasteiger partial charge >= 0.3 is 11.9 Å². The molecule has 4 nitrogen and oxygen atoms in total. The summed E-state index contributed by atoms with van der Waals surface area (Å²) in [7, 11) is 0. The summed E-state index contributed by atoms with van der Waals surface area (Å²) >= 11 is 0. The van der Waals surface area contributed by atoms with E-state index in [-0.39, 0.29) is 6.42 Å². The zero-order valence-corrected chi connectivity index (χ0v) is 13.2. The third-order valence-corrected chi connectivity index (χ3v) is 3.17. The van der Waals surface area contributed by atoms with Crippen molar-refractivity contribution in [3.63, 3.8) is 0 Å². The second kappa shape index (κ2) is 10.9. The van der Waals surface area contributed by atoms with Crippen LogP contribution in [0.5, 0.6) is 0 Å². The minimum absolute atomic E-state index is 0.187. The molecular weight excluding hydrogens is 268 g/mol. The third-order valence-electron chi connectivity index (χ3n) is 3.17. The van der Waals surface area contributed by atoms with Crippen molar-refractivity contribution in [2.24, 2.45) is 0 Å². The van der Waals surface area contributed by atoms with Crippen LogP contribution in [0.3, 0.4) is 0 Å². The standard InChI is InChI=1S/C17H26O4/c1-13(7-5-9-15(3)12-17(20)21)6-4-8-14(2)10-11-16(18)19/h7-8,12H,4-6,9-11H2,1-3H3,(H,18,19)(H,20,21)/b13-7+,14-8+,15-12+. The molecule has 0 aromatic heterocycles. The highest BCUT2D eigenvalue weighted by atomic mass is 16.4. The van der Waals surface area contributed by atoms with E-state index in [0.717, 1.165) is 36.8 Å². The fraction of sp³-hybridized carbons (Fsp3) is 0.529. The number of rotatable bonds is 10. The molecule has 0 aromatic carbocycles. The summed E-state index contributed by atoms with van der Waals surface area (Å²) in [5.41, 5.74) is 3.27. The average Bonchev–Trinajstić information content (AvgIpc) is 2.35. The molecule has 0 heterocycles. The number of aliphatic carboxylic acids is 2. The maximum Gasteiger partial charge on any atom is 0.328 e. The van der Waals surface area contributed by atoms with E-state index < -0.39 is 11.9 Å². The lowest BCUT2D eigenvalue weighted by Gasteiger charge is -2.02. The van der Waals surface area contributed by atoms with Crippen molar-refractivity contribution in [3.8, 4) is 0 Å². The van der Waals surface area contributed by atoms with Gasteiger partial charge in [-0.2, -0.15) is 0 Å². The first-order valence-corrected chi connectivity index (χ1v) is 7.24. The van der Waals surface area contributed by atoms with E-state index in [4.69, 9.17) is 10.2 Å². The van der Waals surface area contributed by atoms with Crippen molar-refractivity contribution in [2.45, 2.75) is 59.3 Å². The Morgan fingerprint density at radius 1 is 0.762 bits per heavy atom. The van der Waals surface area contributed by atoms with Gasteiger partial charge in [-0.05, 0) is 52.9 Å². The molecule has 0 atom stereocenters. The Hall–Kier alpha value is -1.84. The molecule has 0 saturated carbocycles. The second-order valence-corrected chi connectivity index (χ2v) is 5.40. The Kier molecular flexibility index (Phi) is 9.94. The van der Waals surface area contributed by atoms with Crippen LogP contribution in [0, 0.1) is 0 Å². The van der Waals surface area contributed by atoms with E-state index in [2.05, 4.69) is 19.1 Å². The quantitative estimate of drug-likeness (QED) is 0.464. The Morgan fingerprint density at radius 3 is 1.71 bits per heavy atom. The minimum atomic E-state index is -0.893. The zero-order chi connectivity index (χ0) is 16.3. The van der Waals surface area contributed by atoms with E-state index in [1.807, 2.05) is 13.8 Å². The van der Waals surface area contributed by atoms with E-state index in [0.29, 0.717) is 6.42 Å². The van der Waals surface area contributed by atoms with Gasteiger partial charge in [-0.15, -0.1) is 0 Å². The van der Waals surface area contributed by atoms with Crippen LogP contribution in [0.2, 0.25) is 0 Å². The van der Waals surface area contributed by atoms with E-state index in [9.17, 15) is 9.59 Å². The number of carboxylic acid groups (broad SMARTS) is 2. The first-order valence-electron chi connectivity index (χ1n) is 7.24. The molecule has 118 valence electrons. The molecular formula is C17H26O4. The third kappa shape index (κ3) is 12.9. The predicted molar refractivity (Wildman–Crippen MR) is 84.2 cm³/mol. The highest BCUT2D eigenvalue weighted by Crippen LogP contribution is 2.12. The van der Waals surface area contributed by atoms with Crippen LogP contribution in [-0.4, -0.2) is 22.2 Å². The van der Waals surface area contributed by atoms with Crippen LogP contribution in [-0.2, 0) is 9.59 Å². The smallest absolute Gasteiger partial charge is 0.328 e. The Bertz CT molecular complexity index is 442. The van der Waals surface area contributed by atoms with Gasteiger partial charge in [0, 0.05) is 12.5 Å². The van der Waals surface area contributed by atoms with Gasteiger partial charge < -0.3 is 10.2 Å². The van der Waals surface area contributed by atoms with Crippen molar-refractivity contribution in [3.05, 3.63) is 34.9 Å². The average molecular weight is 294 g/mol. The summed E-state index contributed by atoms with van der Waals surface area (Å²) in [4.78, 5) is 20.9. The zero-order valence-electron chi connectivity index (χ0n) is 13.2. The number of carbonyl (C=O) groups is 2. The van der Waals surface area contributed by atoms with Gasteiger partial charge in [0.2, 0.25) is 0 Å². The lowest BCUT2D eigenvalue weighted by atomic mass is 10.0. The molecule has 0 aliphatic heterocycles. The first-order chi connectivity index (χ1) is 9.81. The Morgan fingerprint density at radius 2 is 1.24 bits per heavy atom. The van der Waals surface area contributed by atoms with Gasteiger partial charge in [-0.1, -0.05) is 28.9 Å². The molecule has 2 N–H and O–H groups in total. The number of hydrogen-bond acceptors (Lipinski definition) is 2. The molecule has 0 amide bonds. The van der Waals surface area contributed by atoms with Crippen molar-refractivity contribution in [1.29, 1.82) is 0 Å². The van der Waals surface area contributed by atoms with Gasteiger partial charge in [0.1, 0.15) is 0 Å². The van der Waals surface area contributed by atoms with E-state index in [1.54, 1.807) is 0 Å². The van der Waals surface area contributed by atoms with Crippen LogP contribution >= 0.6 is 0 Å². The molecule has 0 bridgehead atoms. The van der Waals surface area contributed by atoms with Crippen LogP contribution in [0.4, 0.5) is 0 Å². The van der Waals surface area contributed by atoms with Crippen molar-refractivity contribution in [2.75, 3.05) is 0 Å². The number of carboxylic acids is 2. The van der Waals surface area contributed by atoms with Crippen molar-refractivity contribution >= 4 is 11.9 Å². The topological polar surface area (TPSA) is 74.6 Å². The maximum atomic E-state index is 10.5. The van der Waals surface area contributed by atoms with Gasteiger partial charge in [0.25, 0.3) is 0 Å². The molecule has 0 radical (unpaired) electrons. The largest absolute Gasteiger partial charge is 0.481 e. The molecule has 0 spiro atoms. The number of allylic oxidation sites excluding steroid dienone is 5. The molecule has 0 rings (SSSR count). The predicted octanol–water partition coefficient (Wildman–Crippen LogP) is 4.34. The summed E-state index contributed by atoms with van der Waals surface area (Å²) in [5, 5.41) is 17.2. The van der Waals surface area contributed by atoms with Gasteiger partial charge in [0.15, 0.2) is 0 Å². The normalized spacial score (nSPS) is 13.4. The summed E-state index contributed by atoms with van der Waals surface area (Å²) in [6.07, 6.45) is 9.75. The molecule has 21 heavy (non-hydrogen) atoms. The van der Waals surface area contributed by atoms with Crippen molar-refractivity contribution in [1.82, 2.24) is 0 Å². The molecule has 0 aromatic rings. The molecule has 0 saturated heterocycles. The second-order valence-electron chi connectivity index (χ2n) is 5.40. The lowest BCUT2D eigenvalue weighted by molar-refractivity contribution is -0.137. The summed E-state index contributed by atoms with van der Waals surface area (Å²) in [6, 6.07) is 0. The van der Waals surface area contributed by atoms with Crippen LogP contribution in [0.25, 0.3) is 0 Å². The first kappa shape index (κ1) is 19.2. The summed E-state index contributed by atoms with van der Waals surface area (Å²) in [6.45, 7) is 5.85. The highest BCUT2D eigenvalue weighted by Gasteiger charge is 1.98. The molecule has 0 aliphatic carbocycles. The highest BCUT2D eigenvalue weighted by molar-refractivity contribution is 5.80. The molecule has 0 fully saturated rings. The van der Waals surface area contributed by atoms with E-state index in [1.165, 1.54) is 11.6 Å². The minimum Gasteiger partial charge on any atom is -0.481 e. The van der Waals surface area contributed by atoms with Crippen LogP contribution < -0.4 is 0 Å². The number of hydrogen-bond donors (Lipinski definition) is 2. The Labute approximate surface area is 126 Å². The Balaban J connectivity index is 4.00. The van der Waals surface area contributed by atoms with Gasteiger partial charge in [0.05, 0.1) is 0 Å². The molecule has 0 aliphatic rings. The van der Waals surface area contributed by atoms with Crippen LogP contribution in [0.15, 0.2) is 34.9 Å². The molecule has 0 unspecified atom stereocenters.